The van der Waals surface area contributed by atoms with Crippen LogP contribution in [0.25, 0.3) is 0 Å². The minimum Gasteiger partial charge on any atom is -0.482 e. The first-order valence-corrected chi connectivity index (χ1v) is 9.28. The van der Waals surface area contributed by atoms with Crippen molar-refractivity contribution < 1.29 is 9.53 Å². The maximum Gasteiger partial charge on any atom is 0.277 e. The van der Waals surface area contributed by atoms with Gasteiger partial charge < -0.3 is 4.74 Å². The molecule has 0 fully saturated rings. The van der Waals surface area contributed by atoms with E-state index in [1.165, 1.54) is 5.56 Å². The number of benzene rings is 2. The molecule has 2 aromatic carbocycles. The van der Waals surface area contributed by atoms with Gasteiger partial charge in [-0.2, -0.15) is 5.10 Å². The summed E-state index contributed by atoms with van der Waals surface area (Å²) in [5.74, 6) is 0.368. The lowest BCUT2D eigenvalue weighted by molar-refractivity contribution is -0.123. The molecule has 0 heterocycles. The predicted molar refractivity (Wildman–Crippen MR) is 110 cm³/mol. The zero-order chi connectivity index (χ0) is 19.3. The summed E-state index contributed by atoms with van der Waals surface area (Å²) in [7, 11) is 0. The zero-order valence-corrected chi connectivity index (χ0v) is 17.5. The van der Waals surface area contributed by atoms with Crippen LogP contribution in [-0.4, -0.2) is 18.7 Å². The monoisotopic (exact) mass is 416 g/mol. The maximum absolute atomic E-state index is 11.9. The molecule has 0 atom stereocenters. The number of amides is 1. The number of hydrazone groups is 1. The van der Waals surface area contributed by atoms with E-state index in [9.17, 15) is 4.79 Å². The van der Waals surface area contributed by atoms with E-state index < -0.39 is 0 Å². The Hall–Kier alpha value is -2.14. The summed E-state index contributed by atoms with van der Waals surface area (Å²) in [5.41, 5.74) is 6.90. The first kappa shape index (κ1) is 20.2. The van der Waals surface area contributed by atoms with Crippen molar-refractivity contribution in [3.63, 3.8) is 0 Å². The molecule has 138 valence electrons. The van der Waals surface area contributed by atoms with Gasteiger partial charge in [0.1, 0.15) is 5.75 Å². The fourth-order valence-electron chi connectivity index (χ4n) is 2.50. The van der Waals surface area contributed by atoms with Crippen molar-refractivity contribution in [1.29, 1.82) is 0 Å². The second-order valence-electron chi connectivity index (χ2n) is 7.35. The molecular weight excluding hydrogens is 392 g/mol. The van der Waals surface area contributed by atoms with E-state index in [2.05, 4.69) is 59.4 Å². The highest BCUT2D eigenvalue weighted by atomic mass is 79.9. The lowest BCUT2D eigenvalue weighted by atomic mass is 9.87. The highest BCUT2D eigenvalue weighted by Gasteiger charge is 2.12. The zero-order valence-electron chi connectivity index (χ0n) is 15.9. The van der Waals surface area contributed by atoms with E-state index in [1.54, 1.807) is 6.21 Å². The molecule has 0 aliphatic rings. The molecule has 2 aromatic rings. The third kappa shape index (κ3) is 5.70. The number of hydrogen-bond acceptors (Lipinski definition) is 3. The van der Waals surface area contributed by atoms with Crippen LogP contribution >= 0.6 is 15.9 Å². The van der Waals surface area contributed by atoms with Gasteiger partial charge in [0.25, 0.3) is 5.91 Å². The summed E-state index contributed by atoms with van der Waals surface area (Å²) in [4.78, 5) is 11.9. The van der Waals surface area contributed by atoms with Crippen LogP contribution in [0.2, 0.25) is 0 Å². The Bertz CT molecular complexity index is 783. The molecule has 1 N–H and O–H groups in total. The van der Waals surface area contributed by atoms with Gasteiger partial charge in [0.15, 0.2) is 6.61 Å². The van der Waals surface area contributed by atoms with E-state index in [0.717, 1.165) is 21.2 Å². The molecule has 0 spiro atoms. The van der Waals surface area contributed by atoms with Crippen LogP contribution in [0.1, 0.15) is 43.0 Å². The molecule has 5 heteroatoms. The first-order chi connectivity index (χ1) is 12.2. The minimum absolute atomic E-state index is 0.0944. The Kier molecular flexibility index (Phi) is 6.59. The topological polar surface area (TPSA) is 50.7 Å². The summed E-state index contributed by atoms with van der Waals surface area (Å²) in [5, 5.41) is 3.99. The summed E-state index contributed by atoms with van der Waals surface area (Å²) < 4.78 is 6.45. The molecular formula is C21H25BrN2O2. The second kappa shape index (κ2) is 8.49. The van der Waals surface area contributed by atoms with Crippen LogP contribution in [0.3, 0.4) is 0 Å². The number of aryl methyl sites for hydroxylation is 2. The van der Waals surface area contributed by atoms with Gasteiger partial charge in [0.05, 0.1) is 10.7 Å². The van der Waals surface area contributed by atoms with Gasteiger partial charge in [-0.05, 0) is 63.5 Å². The fraction of sp³-hybridized carbons (Fsp3) is 0.333. The van der Waals surface area contributed by atoms with E-state index in [-0.39, 0.29) is 17.9 Å². The number of ether oxygens (including phenoxy) is 1. The largest absolute Gasteiger partial charge is 0.482 e. The van der Waals surface area contributed by atoms with Gasteiger partial charge in [0.2, 0.25) is 0 Å². The third-order valence-electron chi connectivity index (χ3n) is 3.90. The van der Waals surface area contributed by atoms with Crippen LogP contribution in [0.5, 0.6) is 5.75 Å². The molecule has 2 rings (SSSR count). The lowest BCUT2D eigenvalue weighted by Crippen LogP contribution is -2.24. The summed E-state index contributed by atoms with van der Waals surface area (Å²) in [6, 6.07) is 12.1. The SMILES string of the molecule is Cc1cc(C)c(OCC(=O)NN=Cc2ccc(C(C)(C)C)cc2)c(Br)c1. The highest BCUT2D eigenvalue weighted by molar-refractivity contribution is 9.10. The van der Waals surface area contributed by atoms with Crippen molar-refractivity contribution in [2.75, 3.05) is 6.61 Å². The average Bonchev–Trinajstić information content (AvgIpc) is 2.53. The molecule has 4 nitrogen and oxygen atoms in total. The van der Waals surface area contributed by atoms with Crippen LogP contribution < -0.4 is 10.2 Å². The molecule has 0 aliphatic heterocycles. The van der Waals surface area contributed by atoms with Gasteiger partial charge in [-0.1, -0.05) is 51.1 Å². The van der Waals surface area contributed by atoms with Gasteiger partial charge in [0, 0.05) is 0 Å². The highest BCUT2D eigenvalue weighted by Crippen LogP contribution is 2.30. The van der Waals surface area contributed by atoms with Crippen molar-refractivity contribution in [2.24, 2.45) is 5.10 Å². The van der Waals surface area contributed by atoms with E-state index in [0.29, 0.717) is 5.75 Å². The van der Waals surface area contributed by atoms with Crippen molar-refractivity contribution >= 4 is 28.1 Å². The molecule has 0 saturated carbocycles. The van der Waals surface area contributed by atoms with Crippen LogP contribution in [0, 0.1) is 13.8 Å². The van der Waals surface area contributed by atoms with Crippen LogP contribution in [0.4, 0.5) is 0 Å². The maximum atomic E-state index is 11.9. The Morgan fingerprint density at radius 2 is 1.85 bits per heavy atom. The molecule has 26 heavy (non-hydrogen) atoms. The van der Waals surface area contributed by atoms with E-state index in [4.69, 9.17) is 4.74 Å². The molecule has 0 radical (unpaired) electrons. The van der Waals surface area contributed by atoms with Crippen molar-refractivity contribution in [1.82, 2.24) is 5.43 Å². The molecule has 0 bridgehead atoms. The number of nitrogens with zero attached hydrogens (tertiary/aromatic N) is 1. The minimum atomic E-state index is -0.306. The lowest BCUT2D eigenvalue weighted by Gasteiger charge is -2.18. The summed E-state index contributed by atoms with van der Waals surface area (Å²) in [6.45, 7) is 10.4. The third-order valence-corrected chi connectivity index (χ3v) is 4.49. The molecule has 1 amide bonds. The average molecular weight is 417 g/mol. The first-order valence-electron chi connectivity index (χ1n) is 8.49. The number of carbonyl (C=O) groups excluding carboxylic acids is 1. The van der Waals surface area contributed by atoms with Gasteiger partial charge >= 0.3 is 0 Å². The van der Waals surface area contributed by atoms with Gasteiger partial charge in [-0.3, -0.25) is 4.79 Å². The van der Waals surface area contributed by atoms with Crippen molar-refractivity contribution in [2.45, 2.75) is 40.0 Å². The second-order valence-corrected chi connectivity index (χ2v) is 8.20. The number of rotatable bonds is 5. The Morgan fingerprint density at radius 3 is 2.42 bits per heavy atom. The van der Waals surface area contributed by atoms with Crippen molar-refractivity contribution in [3.05, 3.63) is 63.1 Å². The number of halogens is 1. The summed E-state index contributed by atoms with van der Waals surface area (Å²) >= 11 is 3.46. The molecule has 0 saturated heterocycles. The van der Waals surface area contributed by atoms with E-state index in [1.807, 2.05) is 38.1 Å². The Labute approximate surface area is 163 Å². The Balaban J connectivity index is 1.88. The molecule has 0 aromatic heterocycles. The smallest absolute Gasteiger partial charge is 0.277 e. The van der Waals surface area contributed by atoms with Gasteiger partial charge in [-0.25, -0.2) is 5.43 Å². The molecule has 0 unspecified atom stereocenters. The quantitative estimate of drug-likeness (QED) is 0.556. The number of nitrogens with one attached hydrogen (secondary N) is 1. The van der Waals surface area contributed by atoms with Crippen LogP contribution in [0.15, 0.2) is 46.0 Å². The van der Waals surface area contributed by atoms with Gasteiger partial charge in [-0.15, -0.1) is 0 Å². The Morgan fingerprint density at radius 1 is 1.19 bits per heavy atom. The summed E-state index contributed by atoms with van der Waals surface area (Å²) in [6.07, 6.45) is 1.62. The molecule has 0 aliphatic carbocycles. The van der Waals surface area contributed by atoms with Crippen LogP contribution in [-0.2, 0) is 10.2 Å². The van der Waals surface area contributed by atoms with E-state index >= 15 is 0 Å². The number of carbonyl (C=O) groups is 1. The number of hydrogen-bond donors (Lipinski definition) is 1. The standard InChI is InChI=1S/C21H25BrN2O2/c1-14-10-15(2)20(18(22)11-14)26-13-19(25)24-23-12-16-6-8-17(9-7-16)21(3,4)5/h6-12H,13H2,1-5H3,(H,24,25). The van der Waals surface area contributed by atoms with Crippen molar-refractivity contribution in [3.8, 4) is 5.75 Å². The predicted octanol–water partition coefficient (Wildman–Crippen LogP) is 4.89. The fourth-order valence-corrected chi connectivity index (χ4v) is 3.29. The normalized spacial score (nSPS) is 11.6.